The summed E-state index contributed by atoms with van der Waals surface area (Å²) in [6.45, 7) is 7.01. The maximum Gasteiger partial charge on any atom is 0.335 e. The van der Waals surface area contributed by atoms with Crippen molar-refractivity contribution < 1.29 is 23.0 Å². The van der Waals surface area contributed by atoms with Crippen LogP contribution >= 0.6 is 0 Å². The van der Waals surface area contributed by atoms with E-state index >= 15 is 0 Å². The van der Waals surface area contributed by atoms with Gasteiger partial charge in [-0.3, -0.25) is 0 Å². The predicted octanol–water partition coefficient (Wildman–Crippen LogP) is 2.07. The van der Waals surface area contributed by atoms with Gasteiger partial charge in [0.15, 0.2) is 22.6 Å². The van der Waals surface area contributed by atoms with Crippen LogP contribution in [0.4, 0.5) is 0 Å². The molecule has 0 aromatic heterocycles. The summed E-state index contributed by atoms with van der Waals surface area (Å²) in [6, 6.07) is 3.04. The molecule has 0 saturated carbocycles. The number of aryl methyl sites for hydroxylation is 1. The smallest absolute Gasteiger partial charge is 0.335 e. The van der Waals surface area contributed by atoms with E-state index in [1.54, 1.807) is 19.9 Å². The highest BCUT2D eigenvalue weighted by Crippen LogP contribution is 2.36. The fourth-order valence-corrected chi connectivity index (χ4v) is 1.83. The van der Waals surface area contributed by atoms with Gasteiger partial charge in [-0.25, -0.2) is 9.00 Å². The van der Waals surface area contributed by atoms with Crippen LogP contribution in [0.2, 0.25) is 0 Å². The van der Waals surface area contributed by atoms with Crippen LogP contribution in [0.1, 0.15) is 12.5 Å². The maximum atomic E-state index is 11.2. The van der Waals surface area contributed by atoms with Crippen molar-refractivity contribution in [1.82, 2.24) is 0 Å². The van der Waals surface area contributed by atoms with Crippen molar-refractivity contribution in [3.63, 3.8) is 0 Å². The first-order valence-corrected chi connectivity index (χ1v) is 6.33. The second kappa shape index (κ2) is 6.32. The lowest BCUT2D eigenvalue weighted by molar-refractivity contribution is -0.129. The highest BCUT2D eigenvalue weighted by Gasteiger charge is 2.19. The molecule has 0 amide bonds. The number of carbonyl (C=O) groups is 1. The average molecular weight is 270 g/mol. The van der Waals surface area contributed by atoms with Crippen LogP contribution in [0.15, 0.2) is 29.7 Å². The van der Waals surface area contributed by atoms with Gasteiger partial charge in [0.05, 0.1) is 6.61 Å². The Bertz CT molecular complexity index is 495. The van der Waals surface area contributed by atoms with Crippen LogP contribution < -0.4 is 9.47 Å². The molecular weight excluding hydrogens is 256 g/mol. The molecule has 0 radical (unpaired) electrons. The molecule has 1 unspecified atom stereocenters. The largest absolute Gasteiger partial charge is 0.489 e. The molecule has 1 rings (SSSR count). The zero-order valence-corrected chi connectivity index (χ0v) is 11.0. The Morgan fingerprint density at radius 3 is 2.67 bits per heavy atom. The van der Waals surface area contributed by atoms with E-state index in [0.717, 1.165) is 6.08 Å². The molecule has 1 aromatic carbocycles. The Morgan fingerprint density at radius 2 is 2.17 bits per heavy atom. The summed E-state index contributed by atoms with van der Waals surface area (Å²) in [7, 11) is 0. The highest BCUT2D eigenvalue weighted by molar-refractivity contribution is 7.79. The minimum atomic E-state index is -2.22. The van der Waals surface area contributed by atoms with Gasteiger partial charge in [-0.2, -0.15) is 0 Å². The van der Waals surface area contributed by atoms with E-state index in [4.69, 9.17) is 14.0 Å². The van der Waals surface area contributed by atoms with Crippen LogP contribution in [-0.2, 0) is 15.9 Å². The molecule has 0 aliphatic rings. The minimum Gasteiger partial charge on any atom is -0.489 e. The van der Waals surface area contributed by atoms with Crippen molar-refractivity contribution in [2.24, 2.45) is 0 Å². The molecule has 0 bridgehead atoms. The molecule has 1 atom stereocenters. The minimum absolute atomic E-state index is 0.0642. The number of hydrogen-bond acceptors (Lipinski definition) is 4. The molecule has 0 spiro atoms. The van der Waals surface area contributed by atoms with Gasteiger partial charge in [0.1, 0.15) is 4.90 Å². The van der Waals surface area contributed by atoms with E-state index in [2.05, 4.69) is 6.58 Å². The van der Waals surface area contributed by atoms with Crippen molar-refractivity contribution in [3.8, 4) is 11.5 Å². The van der Waals surface area contributed by atoms with Gasteiger partial charge in [-0.1, -0.05) is 12.6 Å². The lowest BCUT2D eigenvalue weighted by Crippen LogP contribution is -2.08. The SMILES string of the molecule is C=CC(=O)Oc1c(C)ccc(S(=O)O)c1OCC. The van der Waals surface area contributed by atoms with Gasteiger partial charge in [-0.15, -0.1) is 0 Å². The molecule has 18 heavy (non-hydrogen) atoms. The fraction of sp³-hybridized carbons (Fsp3) is 0.250. The number of hydrogen-bond donors (Lipinski definition) is 1. The van der Waals surface area contributed by atoms with Gasteiger partial charge in [-0.05, 0) is 25.5 Å². The Balaban J connectivity index is 3.35. The van der Waals surface area contributed by atoms with E-state index in [1.165, 1.54) is 6.07 Å². The van der Waals surface area contributed by atoms with Crippen LogP contribution in [-0.4, -0.2) is 21.3 Å². The zero-order chi connectivity index (χ0) is 13.7. The fourth-order valence-electron chi connectivity index (χ4n) is 1.33. The number of esters is 1. The molecule has 1 aromatic rings. The summed E-state index contributed by atoms with van der Waals surface area (Å²) in [5.41, 5.74) is 0.628. The quantitative estimate of drug-likeness (QED) is 0.384. The van der Waals surface area contributed by atoms with E-state index in [1.807, 2.05) is 0 Å². The average Bonchev–Trinajstić information content (AvgIpc) is 2.33. The van der Waals surface area contributed by atoms with E-state index < -0.39 is 17.0 Å². The van der Waals surface area contributed by atoms with Crippen LogP contribution in [0, 0.1) is 6.92 Å². The van der Waals surface area contributed by atoms with Gasteiger partial charge in [0.2, 0.25) is 0 Å². The van der Waals surface area contributed by atoms with Crippen molar-refractivity contribution in [1.29, 1.82) is 0 Å². The highest BCUT2D eigenvalue weighted by atomic mass is 32.2. The van der Waals surface area contributed by atoms with Gasteiger partial charge < -0.3 is 14.0 Å². The number of carbonyl (C=O) groups excluding carboxylic acids is 1. The number of benzene rings is 1. The molecule has 6 heteroatoms. The molecule has 0 aliphatic carbocycles. The van der Waals surface area contributed by atoms with Crippen molar-refractivity contribution in [3.05, 3.63) is 30.4 Å². The number of rotatable bonds is 5. The first-order valence-electron chi connectivity index (χ1n) is 5.22. The first-order chi connectivity index (χ1) is 8.51. The molecular formula is C12H14O5S. The van der Waals surface area contributed by atoms with E-state index in [0.29, 0.717) is 5.56 Å². The number of ether oxygens (including phenoxy) is 2. The molecule has 98 valence electrons. The third-order valence-corrected chi connectivity index (χ3v) is 2.82. The van der Waals surface area contributed by atoms with Crippen molar-refractivity contribution in [2.75, 3.05) is 6.61 Å². The monoisotopic (exact) mass is 270 g/mol. The third kappa shape index (κ3) is 3.18. The summed E-state index contributed by atoms with van der Waals surface area (Å²) in [5.74, 6) is -0.407. The summed E-state index contributed by atoms with van der Waals surface area (Å²) >= 11 is -2.22. The molecule has 5 nitrogen and oxygen atoms in total. The predicted molar refractivity (Wildman–Crippen MR) is 67.2 cm³/mol. The Kier molecular flexibility index (Phi) is 5.06. The Hall–Kier alpha value is -1.66. The molecule has 0 aliphatic heterocycles. The Labute approximate surface area is 108 Å². The summed E-state index contributed by atoms with van der Waals surface area (Å²) < 4.78 is 30.7. The lowest BCUT2D eigenvalue weighted by Gasteiger charge is -2.14. The summed E-state index contributed by atoms with van der Waals surface area (Å²) in [5, 5.41) is 0. The summed E-state index contributed by atoms with van der Waals surface area (Å²) in [4.78, 5) is 11.3. The van der Waals surface area contributed by atoms with Crippen LogP contribution in [0.5, 0.6) is 11.5 Å². The lowest BCUT2D eigenvalue weighted by atomic mass is 10.2. The van der Waals surface area contributed by atoms with E-state index in [9.17, 15) is 9.00 Å². The second-order valence-corrected chi connectivity index (χ2v) is 4.28. The van der Waals surface area contributed by atoms with Gasteiger partial charge in [0, 0.05) is 6.08 Å². The third-order valence-electron chi connectivity index (χ3n) is 2.12. The summed E-state index contributed by atoms with van der Waals surface area (Å²) in [6.07, 6.45) is 1.01. The first kappa shape index (κ1) is 14.4. The van der Waals surface area contributed by atoms with Crippen molar-refractivity contribution in [2.45, 2.75) is 18.7 Å². The molecule has 0 saturated heterocycles. The Morgan fingerprint density at radius 1 is 1.50 bits per heavy atom. The normalized spacial score (nSPS) is 11.7. The standard InChI is InChI=1S/C12H14O5S/c1-4-10(13)17-11-8(3)6-7-9(18(14)15)12(11)16-5-2/h4,6-7H,1,5H2,2-3H3,(H,14,15). The molecule has 0 fully saturated rings. The maximum absolute atomic E-state index is 11.2. The van der Waals surface area contributed by atoms with Gasteiger partial charge >= 0.3 is 5.97 Å². The van der Waals surface area contributed by atoms with Crippen LogP contribution in [0.3, 0.4) is 0 Å². The van der Waals surface area contributed by atoms with Crippen molar-refractivity contribution >= 4 is 17.0 Å². The molecule has 0 heterocycles. The topological polar surface area (TPSA) is 72.8 Å². The molecule has 1 N–H and O–H groups in total. The van der Waals surface area contributed by atoms with E-state index in [-0.39, 0.29) is 23.0 Å². The van der Waals surface area contributed by atoms with Gasteiger partial charge in [0.25, 0.3) is 0 Å². The zero-order valence-electron chi connectivity index (χ0n) is 10.1. The van der Waals surface area contributed by atoms with Crippen LogP contribution in [0.25, 0.3) is 0 Å². The second-order valence-electron chi connectivity index (χ2n) is 3.35.